The predicted octanol–water partition coefficient (Wildman–Crippen LogP) is 1.29. The van der Waals surface area contributed by atoms with Gasteiger partial charge in [-0.15, -0.1) is 5.10 Å². The number of tetrazole rings is 1. The summed E-state index contributed by atoms with van der Waals surface area (Å²) in [5, 5.41) is 21.8. The van der Waals surface area contributed by atoms with E-state index in [0.717, 1.165) is 19.3 Å². The van der Waals surface area contributed by atoms with E-state index >= 15 is 0 Å². The molecule has 1 aromatic heterocycles. The highest BCUT2D eigenvalue weighted by Gasteiger charge is 2.45. The topological polar surface area (TPSA) is 110 Å². The molecular weight excluding hydrogens is 370 g/mol. The number of rotatable bonds is 6. The van der Waals surface area contributed by atoms with Gasteiger partial charge < -0.3 is 9.84 Å². The van der Waals surface area contributed by atoms with Crippen LogP contribution in [0, 0.1) is 0 Å². The van der Waals surface area contributed by atoms with Crippen LogP contribution in [0.3, 0.4) is 0 Å². The van der Waals surface area contributed by atoms with Crippen molar-refractivity contribution in [1.29, 1.82) is 0 Å². The third kappa shape index (κ3) is 3.11. The first-order valence-electron chi connectivity index (χ1n) is 9.12. The number of hydrogen-bond acceptors (Lipinski definition) is 7. The number of hydrogen-bond donors (Lipinski definition) is 1. The van der Waals surface area contributed by atoms with Crippen LogP contribution in [0.2, 0.25) is 0 Å². The number of aliphatic hydroxyl groups excluding tert-OH is 1. The first-order chi connectivity index (χ1) is 13.1. The van der Waals surface area contributed by atoms with Crippen LogP contribution < -0.4 is 4.74 Å². The molecule has 2 fully saturated rings. The molecule has 1 N–H and O–H groups in total. The molecule has 1 aliphatic carbocycles. The molecule has 2 heterocycles. The molecule has 1 aromatic carbocycles. The summed E-state index contributed by atoms with van der Waals surface area (Å²) in [6, 6.07) is 5.53. The number of benzene rings is 1. The summed E-state index contributed by atoms with van der Waals surface area (Å²) in [7, 11) is -2.29. The zero-order chi connectivity index (χ0) is 19.0. The van der Waals surface area contributed by atoms with Gasteiger partial charge in [0.15, 0.2) is 5.82 Å². The van der Waals surface area contributed by atoms with Crippen molar-refractivity contribution in [2.75, 3.05) is 13.7 Å². The summed E-state index contributed by atoms with van der Waals surface area (Å²) < 4.78 is 35.0. The van der Waals surface area contributed by atoms with Crippen LogP contribution >= 0.6 is 0 Å². The van der Waals surface area contributed by atoms with Gasteiger partial charge in [0.2, 0.25) is 10.0 Å². The summed E-state index contributed by atoms with van der Waals surface area (Å²) in [5.74, 6) is 1.15. The normalized spacial score (nSPS) is 24.1. The highest BCUT2D eigenvalue weighted by atomic mass is 32.2. The summed E-state index contributed by atoms with van der Waals surface area (Å²) in [5.41, 5.74) is 0. The molecule has 9 nitrogen and oxygen atoms in total. The van der Waals surface area contributed by atoms with Crippen molar-refractivity contribution in [2.45, 2.75) is 55.1 Å². The molecule has 27 heavy (non-hydrogen) atoms. The molecule has 10 heteroatoms. The van der Waals surface area contributed by atoms with Crippen molar-refractivity contribution in [3.8, 4) is 5.75 Å². The first-order valence-corrected chi connectivity index (χ1v) is 10.6. The van der Waals surface area contributed by atoms with Crippen molar-refractivity contribution in [1.82, 2.24) is 24.5 Å². The van der Waals surface area contributed by atoms with Crippen molar-refractivity contribution in [3.05, 3.63) is 30.1 Å². The molecular formula is C17H23N5O4S. The molecule has 0 radical (unpaired) electrons. The van der Waals surface area contributed by atoms with Gasteiger partial charge in [0.25, 0.3) is 0 Å². The molecule has 1 aliphatic heterocycles. The van der Waals surface area contributed by atoms with Crippen LogP contribution in [-0.4, -0.2) is 57.8 Å². The number of sulfonamides is 1. The number of aromatic nitrogens is 4. The third-order valence-corrected chi connectivity index (χ3v) is 7.50. The van der Waals surface area contributed by atoms with E-state index < -0.39 is 22.1 Å². The maximum absolute atomic E-state index is 13.4. The van der Waals surface area contributed by atoms with Crippen LogP contribution in [0.25, 0.3) is 0 Å². The van der Waals surface area contributed by atoms with Gasteiger partial charge in [-0.2, -0.15) is 4.31 Å². The van der Waals surface area contributed by atoms with Gasteiger partial charge >= 0.3 is 0 Å². The van der Waals surface area contributed by atoms with Gasteiger partial charge in [0.1, 0.15) is 5.75 Å². The Morgan fingerprint density at radius 3 is 2.52 bits per heavy atom. The molecule has 0 bridgehead atoms. The number of methoxy groups -OCH3 is 1. The Morgan fingerprint density at radius 2 is 1.93 bits per heavy atom. The van der Waals surface area contributed by atoms with Gasteiger partial charge in [-0.1, -0.05) is 0 Å². The molecule has 2 aromatic rings. The maximum atomic E-state index is 13.4. The van der Waals surface area contributed by atoms with E-state index in [-0.39, 0.29) is 17.5 Å². The molecule has 0 unspecified atom stereocenters. The van der Waals surface area contributed by atoms with Crippen molar-refractivity contribution in [2.24, 2.45) is 0 Å². The highest BCUT2D eigenvalue weighted by molar-refractivity contribution is 7.89. The van der Waals surface area contributed by atoms with Gasteiger partial charge in [0, 0.05) is 6.04 Å². The minimum Gasteiger partial charge on any atom is -0.497 e. The van der Waals surface area contributed by atoms with E-state index in [0.29, 0.717) is 24.4 Å². The lowest BCUT2D eigenvalue weighted by Crippen LogP contribution is -2.40. The Balaban J connectivity index is 1.71. The quantitative estimate of drug-likeness (QED) is 0.787. The molecule has 1 saturated heterocycles. The Morgan fingerprint density at radius 1 is 1.19 bits per heavy atom. The number of ether oxygens (including phenoxy) is 1. The van der Waals surface area contributed by atoms with E-state index in [4.69, 9.17) is 4.74 Å². The van der Waals surface area contributed by atoms with Gasteiger partial charge in [-0.25, -0.2) is 13.1 Å². The Bertz CT molecular complexity index is 894. The molecule has 2 aliphatic rings. The predicted molar refractivity (Wildman–Crippen MR) is 95.6 cm³/mol. The van der Waals surface area contributed by atoms with Crippen molar-refractivity contribution < 1.29 is 18.3 Å². The fraction of sp³-hybridized carbons (Fsp3) is 0.588. The lowest BCUT2D eigenvalue weighted by atomic mass is 9.93. The monoisotopic (exact) mass is 393 g/mol. The lowest BCUT2D eigenvalue weighted by molar-refractivity contribution is 0.189. The van der Waals surface area contributed by atoms with Crippen molar-refractivity contribution >= 4 is 10.0 Å². The standard InChI is InChI=1S/C17H23N5O4S/c1-26-14-6-8-15(9-7-14)27(24,25)22-13(11-23)5-10-16(22)17-18-19-20-21(17)12-3-2-4-12/h6-9,12-13,16,23H,2-5,10-11H2,1H3/t13-,16-/m0/s1. The van der Waals surface area contributed by atoms with Gasteiger partial charge in [-0.05, 0) is 66.8 Å². The summed E-state index contributed by atoms with van der Waals surface area (Å²) in [6.07, 6.45) is 4.27. The second kappa shape index (κ2) is 7.17. The van der Waals surface area contributed by atoms with Gasteiger partial charge in [-0.3, -0.25) is 0 Å². The van der Waals surface area contributed by atoms with E-state index in [2.05, 4.69) is 15.5 Å². The molecule has 0 spiro atoms. The first kappa shape index (κ1) is 18.3. The van der Waals surface area contributed by atoms with Crippen LogP contribution in [0.1, 0.15) is 50.0 Å². The second-order valence-corrected chi connectivity index (χ2v) is 8.85. The maximum Gasteiger partial charge on any atom is 0.244 e. The zero-order valence-corrected chi connectivity index (χ0v) is 15.9. The average molecular weight is 393 g/mol. The minimum absolute atomic E-state index is 0.163. The number of nitrogens with zero attached hydrogens (tertiary/aromatic N) is 5. The molecule has 146 valence electrons. The van der Waals surface area contributed by atoms with Crippen LogP contribution in [0.15, 0.2) is 29.2 Å². The van der Waals surface area contributed by atoms with Crippen LogP contribution in [0.4, 0.5) is 0 Å². The number of aliphatic hydroxyl groups is 1. The summed E-state index contributed by atoms with van der Waals surface area (Å²) >= 11 is 0. The SMILES string of the molecule is COc1ccc(S(=O)(=O)N2[C@H](CO)CC[C@H]2c2nnnn2C2CCC2)cc1. The van der Waals surface area contributed by atoms with Crippen molar-refractivity contribution in [3.63, 3.8) is 0 Å². The lowest BCUT2D eigenvalue weighted by Gasteiger charge is -2.31. The summed E-state index contributed by atoms with van der Waals surface area (Å²) in [6.45, 7) is -0.239. The summed E-state index contributed by atoms with van der Waals surface area (Å²) in [4.78, 5) is 0.163. The third-order valence-electron chi connectivity index (χ3n) is 5.52. The minimum atomic E-state index is -3.82. The Kier molecular flexibility index (Phi) is 4.87. The fourth-order valence-electron chi connectivity index (χ4n) is 3.82. The van der Waals surface area contributed by atoms with E-state index in [1.807, 2.05) is 0 Å². The highest BCUT2D eigenvalue weighted by Crippen LogP contribution is 2.41. The largest absolute Gasteiger partial charge is 0.497 e. The second-order valence-electron chi connectivity index (χ2n) is 7.01. The Hall–Kier alpha value is -2.04. The molecule has 1 saturated carbocycles. The smallest absolute Gasteiger partial charge is 0.244 e. The Labute approximate surface area is 158 Å². The zero-order valence-electron chi connectivity index (χ0n) is 15.1. The fourth-order valence-corrected chi connectivity index (χ4v) is 5.64. The van der Waals surface area contributed by atoms with E-state index in [9.17, 15) is 13.5 Å². The van der Waals surface area contributed by atoms with Crippen LogP contribution in [-0.2, 0) is 10.0 Å². The molecule has 2 atom stereocenters. The molecule has 0 amide bonds. The van der Waals surface area contributed by atoms with Gasteiger partial charge in [0.05, 0.1) is 30.7 Å². The van der Waals surface area contributed by atoms with E-state index in [1.165, 1.54) is 23.5 Å². The van der Waals surface area contributed by atoms with Crippen LogP contribution in [0.5, 0.6) is 5.75 Å². The average Bonchev–Trinajstić information content (AvgIpc) is 3.27. The molecule has 4 rings (SSSR count). The van der Waals surface area contributed by atoms with E-state index in [1.54, 1.807) is 16.8 Å².